The number of pyridine rings is 2. The normalized spacial score (nSPS) is 10.2. The zero-order chi connectivity index (χ0) is 19.9. The van der Waals surface area contributed by atoms with Crippen LogP contribution >= 0.6 is 0 Å². The predicted molar refractivity (Wildman–Crippen MR) is 108 cm³/mol. The number of rotatable bonds is 6. The van der Waals surface area contributed by atoms with Crippen molar-refractivity contribution in [3.63, 3.8) is 0 Å². The van der Waals surface area contributed by atoms with Crippen LogP contribution in [-0.2, 0) is 6.54 Å². The molecule has 3 aromatic rings. The van der Waals surface area contributed by atoms with Crippen LogP contribution in [0.2, 0.25) is 0 Å². The molecule has 7 nitrogen and oxygen atoms in total. The molecule has 0 aliphatic carbocycles. The molecule has 0 saturated heterocycles. The summed E-state index contributed by atoms with van der Waals surface area (Å²) >= 11 is 0. The van der Waals surface area contributed by atoms with Crippen LogP contribution in [0.15, 0.2) is 67.0 Å². The van der Waals surface area contributed by atoms with Crippen LogP contribution in [0.3, 0.4) is 0 Å². The minimum atomic E-state index is -0.374. The van der Waals surface area contributed by atoms with Gasteiger partial charge < -0.3 is 15.5 Å². The minimum Gasteiger partial charge on any atom is -0.378 e. The molecule has 0 fully saturated rings. The SMILES string of the molecule is CN(C)c1ccc(NC(=O)c2cccc(C(=O)NCc3ccncc3)n2)cc1. The molecule has 0 aliphatic rings. The van der Waals surface area contributed by atoms with Gasteiger partial charge in [0.15, 0.2) is 0 Å². The molecule has 7 heteroatoms. The Morgan fingerprint density at radius 1 is 0.893 bits per heavy atom. The molecule has 2 aromatic heterocycles. The molecule has 0 aliphatic heterocycles. The van der Waals surface area contributed by atoms with Crippen molar-refractivity contribution in [2.75, 3.05) is 24.3 Å². The van der Waals surface area contributed by atoms with Gasteiger partial charge in [-0.2, -0.15) is 0 Å². The minimum absolute atomic E-state index is 0.174. The number of carbonyl (C=O) groups is 2. The summed E-state index contributed by atoms with van der Waals surface area (Å²) in [6.45, 7) is 0.359. The number of carbonyl (C=O) groups excluding carboxylic acids is 2. The van der Waals surface area contributed by atoms with Crippen LogP contribution in [-0.4, -0.2) is 35.9 Å². The lowest BCUT2D eigenvalue weighted by Gasteiger charge is -2.13. The van der Waals surface area contributed by atoms with Crippen molar-refractivity contribution in [3.05, 3.63) is 83.9 Å². The van der Waals surface area contributed by atoms with Gasteiger partial charge in [-0.15, -0.1) is 0 Å². The molecule has 1 aromatic carbocycles. The van der Waals surface area contributed by atoms with Gasteiger partial charge in [0.05, 0.1) is 0 Å². The Kier molecular flexibility index (Phi) is 5.96. The number of nitrogens with zero attached hydrogens (tertiary/aromatic N) is 3. The van der Waals surface area contributed by atoms with Gasteiger partial charge in [0, 0.05) is 44.4 Å². The number of nitrogens with one attached hydrogen (secondary N) is 2. The second-order valence-corrected chi connectivity index (χ2v) is 6.34. The number of benzene rings is 1. The first-order valence-corrected chi connectivity index (χ1v) is 8.76. The van der Waals surface area contributed by atoms with Gasteiger partial charge in [-0.3, -0.25) is 14.6 Å². The summed E-state index contributed by atoms with van der Waals surface area (Å²) < 4.78 is 0. The third-order valence-corrected chi connectivity index (χ3v) is 4.06. The molecule has 28 heavy (non-hydrogen) atoms. The van der Waals surface area contributed by atoms with Crippen molar-refractivity contribution in [1.82, 2.24) is 15.3 Å². The van der Waals surface area contributed by atoms with Crippen LogP contribution in [0.4, 0.5) is 11.4 Å². The molecule has 2 N–H and O–H groups in total. The van der Waals surface area contributed by atoms with Crippen molar-refractivity contribution in [3.8, 4) is 0 Å². The van der Waals surface area contributed by atoms with E-state index in [-0.39, 0.29) is 23.2 Å². The molecular weight excluding hydrogens is 354 g/mol. The Balaban J connectivity index is 1.64. The average Bonchev–Trinajstić information content (AvgIpc) is 2.73. The van der Waals surface area contributed by atoms with Gasteiger partial charge in [0.2, 0.25) is 0 Å². The van der Waals surface area contributed by atoms with Crippen molar-refractivity contribution < 1.29 is 9.59 Å². The van der Waals surface area contributed by atoms with E-state index in [1.54, 1.807) is 30.6 Å². The Bertz CT molecular complexity index is 956. The fraction of sp³-hybridized carbons (Fsp3) is 0.143. The molecule has 0 spiro atoms. The predicted octanol–water partition coefficient (Wildman–Crippen LogP) is 2.72. The summed E-state index contributed by atoms with van der Waals surface area (Å²) in [4.78, 5) is 34.9. The second-order valence-electron chi connectivity index (χ2n) is 6.34. The van der Waals surface area contributed by atoms with Crippen LogP contribution in [0.5, 0.6) is 0 Å². The first-order valence-electron chi connectivity index (χ1n) is 8.76. The van der Waals surface area contributed by atoms with Gasteiger partial charge >= 0.3 is 0 Å². The monoisotopic (exact) mass is 375 g/mol. The van der Waals surface area contributed by atoms with Gasteiger partial charge in [-0.1, -0.05) is 6.07 Å². The third kappa shape index (κ3) is 4.91. The van der Waals surface area contributed by atoms with E-state index in [0.717, 1.165) is 11.3 Å². The molecule has 0 saturated carbocycles. The molecule has 142 valence electrons. The van der Waals surface area contributed by atoms with E-state index in [0.29, 0.717) is 12.2 Å². The summed E-state index contributed by atoms with van der Waals surface area (Å²) in [6, 6.07) is 15.9. The summed E-state index contributed by atoms with van der Waals surface area (Å²) in [5.41, 5.74) is 2.98. The van der Waals surface area contributed by atoms with Crippen molar-refractivity contribution in [1.29, 1.82) is 0 Å². The quantitative estimate of drug-likeness (QED) is 0.692. The first kappa shape index (κ1) is 19.0. The molecule has 0 radical (unpaired) electrons. The van der Waals surface area contributed by atoms with E-state index >= 15 is 0 Å². The average molecular weight is 375 g/mol. The van der Waals surface area contributed by atoms with Crippen LogP contribution in [0, 0.1) is 0 Å². The highest BCUT2D eigenvalue weighted by molar-refractivity contribution is 6.03. The van der Waals surface area contributed by atoms with Crippen molar-refractivity contribution in [2.45, 2.75) is 6.54 Å². The second kappa shape index (κ2) is 8.77. The molecule has 0 atom stereocenters. The maximum atomic E-state index is 12.5. The lowest BCUT2D eigenvalue weighted by molar-refractivity contribution is 0.0945. The summed E-state index contributed by atoms with van der Waals surface area (Å²) in [5, 5.41) is 5.57. The van der Waals surface area contributed by atoms with E-state index in [1.165, 1.54) is 0 Å². The van der Waals surface area contributed by atoms with E-state index in [9.17, 15) is 9.59 Å². The molecule has 0 bridgehead atoms. The van der Waals surface area contributed by atoms with Crippen LogP contribution in [0.25, 0.3) is 0 Å². The Morgan fingerprint density at radius 3 is 2.18 bits per heavy atom. The lowest BCUT2D eigenvalue weighted by atomic mass is 10.2. The highest BCUT2D eigenvalue weighted by Gasteiger charge is 2.12. The summed E-state index contributed by atoms with van der Waals surface area (Å²) in [5.74, 6) is -0.719. The van der Waals surface area contributed by atoms with Gasteiger partial charge in [-0.05, 0) is 54.1 Å². The number of anilines is 2. The number of amides is 2. The molecule has 2 amide bonds. The van der Waals surface area contributed by atoms with Crippen LogP contribution in [0.1, 0.15) is 26.5 Å². The fourth-order valence-electron chi connectivity index (χ4n) is 2.50. The maximum Gasteiger partial charge on any atom is 0.274 e. The Labute approximate surface area is 163 Å². The summed E-state index contributed by atoms with van der Waals surface area (Å²) in [7, 11) is 3.89. The Morgan fingerprint density at radius 2 is 1.54 bits per heavy atom. The topological polar surface area (TPSA) is 87.2 Å². The maximum absolute atomic E-state index is 12.5. The molecule has 3 rings (SSSR count). The van der Waals surface area contributed by atoms with Gasteiger partial charge in [0.1, 0.15) is 11.4 Å². The third-order valence-electron chi connectivity index (χ3n) is 4.06. The summed E-state index contributed by atoms with van der Waals surface area (Å²) in [6.07, 6.45) is 3.32. The first-order chi connectivity index (χ1) is 13.5. The van der Waals surface area contributed by atoms with Crippen LogP contribution < -0.4 is 15.5 Å². The van der Waals surface area contributed by atoms with Gasteiger partial charge in [-0.25, -0.2) is 4.98 Å². The van der Waals surface area contributed by atoms with Crippen molar-refractivity contribution >= 4 is 23.2 Å². The highest BCUT2D eigenvalue weighted by atomic mass is 16.2. The highest BCUT2D eigenvalue weighted by Crippen LogP contribution is 2.16. The lowest BCUT2D eigenvalue weighted by Crippen LogP contribution is -2.25. The molecular formula is C21H21N5O2. The van der Waals surface area contributed by atoms with Gasteiger partial charge in [0.25, 0.3) is 11.8 Å². The fourth-order valence-corrected chi connectivity index (χ4v) is 2.50. The molecule has 2 heterocycles. The largest absolute Gasteiger partial charge is 0.378 e. The zero-order valence-corrected chi connectivity index (χ0v) is 15.7. The number of hydrogen-bond donors (Lipinski definition) is 2. The zero-order valence-electron chi connectivity index (χ0n) is 15.7. The molecule has 0 unspecified atom stereocenters. The Hall–Kier alpha value is -3.74. The standard InChI is InChI=1S/C21H21N5O2/c1-26(2)17-8-6-16(7-9-17)24-21(28)19-5-3-4-18(25-19)20(27)23-14-15-10-12-22-13-11-15/h3-13H,14H2,1-2H3,(H,23,27)(H,24,28). The van der Waals surface area contributed by atoms with Crippen molar-refractivity contribution in [2.24, 2.45) is 0 Å². The number of hydrogen-bond acceptors (Lipinski definition) is 5. The number of aromatic nitrogens is 2. The van der Waals surface area contributed by atoms with E-state index in [1.807, 2.05) is 55.4 Å². The smallest absolute Gasteiger partial charge is 0.274 e. The van der Waals surface area contributed by atoms with E-state index in [4.69, 9.17) is 0 Å². The van der Waals surface area contributed by atoms with E-state index < -0.39 is 0 Å². The van der Waals surface area contributed by atoms with E-state index in [2.05, 4.69) is 20.6 Å².